The molecular formula is C18H17NO8S. The van der Waals surface area contributed by atoms with Crippen LogP contribution in [0, 0.1) is 0 Å². The lowest BCUT2D eigenvalue weighted by Gasteiger charge is -2.18. The summed E-state index contributed by atoms with van der Waals surface area (Å²) in [6.45, 7) is 0.248. The zero-order valence-electron chi connectivity index (χ0n) is 14.8. The number of hydrogen-bond donors (Lipinski definition) is 1. The fraction of sp³-hybridized carbons (Fsp3) is 0.222. The lowest BCUT2D eigenvalue weighted by molar-refractivity contribution is 0.0471. The third-order valence-electron chi connectivity index (χ3n) is 3.92. The molecule has 0 radical (unpaired) electrons. The molecule has 28 heavy (non-hydrogen) atoms. The lowest BCUT2D eigenvalue weighted by atomic mass is 10.1. The summed E-state index contributed by atoms with van der Waals surface area (Å²) in [5.74, 6) is -0.334. The number of nitrogens with two attached hydrogens (primary N) is 1. The average molecular weight is 407 g/mol. The number of rotatable bonds is 6. The zero-order valence-corrected chi connectivity index (χ0v) is 15.7. The summed E-state index contributed by atoms with van der Waals surface area (Å²) in [6, 6.07) is 8.15. The molecule has 2 aromatic rings. The number of carbonyl (C=O) groups excluding carboxylic acids is 2. The molecule has 0 amide bonds. The summed E-state index contributed by atoms with van der Waals surface area (Å²) in [5, 5.41) is 5.07. The van der Waals surface area contributed by atoms with E-state index in [4.69, 9.17) is 24.1 Å². The van der Waals surface area contributed by atoms with Gasteiger partial charge in [0.05, 0.1) is 12.0 Å². The molecule has 1 aliphatic heterocycles. The van der Waals surface area contributed by atoms with E-state index >= 15 is 0 Å². The number of fused-ring (bicyclic) bond motifs is 1. The Balaban J connectivity index is 1.74. The predicted molar refractivity (Wildman–Crippen MR) is 96.4 cm³/mol. The molecule has 0 bridgehead atoms. The van der Waals surface area contributed by atoms with Gasteiger partial charge in [-0.05, 0) is 36.4 Å². The van der Waals surface area contributed by atoms with E-state index in [2.05, 4.69) is 0 Å². The molecule has 148 valence electrons. The van der Waals surface area contributed by atoms with Crippen molar-refractivity contribution in [3.8, 4) is 17.2 Å². The molecule has 1 aliphatic rings. The largest absolute Gasteiger partial charge is 0.496 e. The van der Waals surface area contributed by atoms with Crippen LogP contribution < -0.4 is 19.3 Å². The molecule has 9 nitrogen and oxygen atoms in total. The van der Waals surface area contributed by atoms with Crippen molar-refractivity contribution >= 4 is 21.8 Å². The highest BCUT2D eigenvalue weighted by molar-refractivity contribution is 7.89. The van der Waals surface area contributed by atoms with E-state index in [0.717, 1.165) is 6.07 Å². The summed E-state index contributed by atoms with van der Waals surface area (Å²) in [5.41, 5.74) is 0.117. The van der Waals surface area contributed by atoms with Gasteiger partial charge in [-0.2, -0.15) is 0 Å². The monoisotopic (exact) mass is 407 g/mol. The predicted octanol–water partition coefficient (Wildman–Crippen LogP) is 1.15. The van der Waals surface area contributed by atoms with E-state index in [9.17, 15) is 18.0 Å². The van der Waals surface area contributed by atoms with Crippen molar-refractivity contribution in [2.24, 2.45) is 5.14 Å². The molecule has 2 aromatic carbocycles. The minimum atomic E-state index is -4.02. The van der Waals surface area contributed by atoms with Crippen LogP contribution in [0.25, 0.3) is 0 Å². The van der Waals surface area contributed by atoms with Crippen molar-refractivity contribution in [3.05, 3.63) is 47.5 Å². The maximum atomic E-state index is 12.3. The number of methoxy groups -OCH3 is 1. The standard InChI is InChI=1S/C18H17NO8S/c1-24-15-5-3-12(28(19,22)23)9-13(15)18(21)27-10-14(20)11-2-4-16-17(8-11)26-7-6-25-16/h2-5,8-9H,6-7,10H2,1H3,(H2,19,22,23). The van der Waals surface area contributed by atoms with Crippen LogP contribution >= 0.6 is 0 Å². The number of ether oxygens (including phenoxy) is 4. The van der Waals surface area contributed by atoms with Crippen LogP contribution in [0.2, 0.25) is 0 Å². The number of primary sulfonamides is 1. The number of hydrogen-bond acceptors (Lipinski definition) is 8. The van der Waals surface area contributed by atoms with Gasteiger partial charge >= 0.3 is 5.97 Å². The van der Waals surface area contributed by atoms with Crippen LogP contribution in [0.5, 0.6) is 17.2 Å². The van der Waals surface area contributed by atoms with Gasteiger partial charge < -0.3 is 18.9 Å². The molecule has 0 saturated heterocycles. The number of ketones is 1. The fourth-order valence-corrected chi connectivity index (χ4v) is 3.07. The Kier molecular flexibility index (Phi) is 5.52. The number of sulfonamides is 1. The summed E-state index contributed by atoms with van der Waals surface area (Å²) in [7, 11) is -2.71. The Morgan fingerprint density at radius 1 is 1.07 bits per heavy atom. The van der Waals surface area contributed by atoms with Gasteiger partial charge in [0.25, 0.3) is 0 Å². The van der Waals surface area contributed by atoms with Gasteiger partial charge in [0.15, 0.2) is 23.9 Å². The Hall–Kier alpha value is -3.11. The average Bonchev–Trinajstić information content (AvgIpc) is 2.70. The van der Waals surface area contributed by atoms with Gasteiger partial charge in [-0.25, -0.2) is 18.4 Å². The number of esters is 1. The zero-order chi connectivity index (χ0) is 20.3. The molecule has 1 heterocycles. The molecule has 0 spiro atoms. The highest BCUT2D eigenvalue weighted by Gasteiger charge is 2.21. The highest BCUT2D eigenvalue weighted by atomic mass is 32.2. The molecule has 0 aliphatic carbocycles. The van der Waals surface area contributed by atoms with E-state index in [1.807, 2.05) is 0 Å². The van der Waals surface area contributed by atoms with Crippen molar-refractivity contribution in [3.63, 3.8) is 0 Å². The van der Waals surface area contributed by atoms with Crippen molar-refractivity contribution < 1.29 is 37.0 Å². The molecule has 0 saturated carbocycles. The Morgan fingerprint density at radius 2 is 1.79 bits per heavy atom. The second kappa shape index (κ2) is 7.87. The van der Waals surface area contributed by atoms with Gasteiger partial charge in [-0.1, -0.05) is 0 Å². The van der Waals surface area contributed by atoms with Crippen LogP contribution in [0.1, 0.15) is 20.7 Å². The molecule has 10 heteroatoms. The maximum absolute atomic E-state index is 12.3. The first-order valence-electron chi connectivity index (χ1n) is 8.10. The molecular weight excluding hydrogens is 390 g/mol. The van der Waals surface area contributed by atoms with Crippen LogP contribution in [0.4, 0.5) is 0 Å². The molecule has 0 unspecified atom stereocenters. The summed E-state index contributed by atoms with van der Waals surface area (Å²) in [6.07, 6.45) is 0. The Labute approximate surface area is 161 Å². The first-order chi connectivity index (χ1) is 13.3. The Morgan fingerprint density at radius 3 is 2.46 bits per heavy atom. The van der Waals surface area contributed by atoms with Crippen molar-refractivity contribution in [1.29, 1.82) is 0 Å². The van der Waals surface area contributed by atoms with E-state index < -0.39 is 28.4 Å². The van der Waals surface area contributed by atoms with Gasteiger partial charge in [-0.15, -0.1) is 0 Å². The van der Waals surface area contributed by atoms with E-state index in [-0.39, 0.29) is 21.8 Å². The van der Waals surface area contributed by atoms with Crippen molar-refractivity contribution in [2.75, 3.05) is 26.9 Å². The fourth-order valence-electron chi connectivity index (χ4n) is 2.53. The number of Topliss-reactive ketones (excluding diaryl/α,β-unsaturated/α-hetero) is 1. The SMILES string of the molecule is COc1ccc(S(N)(=O)=O)cc1C(=O)OCC(=O)c1ccc2c(c1)OCCO2. The maximum Gasteiger partial charge on any atom is 0.342 e. The third-order valence-corrected chi connectivity index (χ3v) is 4.83. The normalized spacial score (nSPS) is 12.9. The van der Waals surface area contributed by atoms with E-state index in [0.29, 0.717) is 24.7 Å². The second-order valence-corrected chi connectivity index (χ2v) is 7.33. The molecule has 0 fully saturated rings. The molecule has 3 rings (SSSR count). The molecule has 0 atom stereocenters. The van der Waals surface area contributed by atoms with Crippen molar-refractivity contribution in [2.45, 2.75) is 4.90 Å². The molecule has 2 N–H and O–H groups in total. The topological polar surface area (TPSA) is 131 Å². The van der Waals surface area contributed by atoms with Crippen LogP contribution in [-0.2, 0) is 14.8 Å². The third kappa shape index (κ3) is 4.24. The second-order valence-electron chi connectivity index (χ2n) is 5.76. The van der Waals surface area contributed by atoms with Crippen LogP contribution in [0.15, 0.2) is 41.3 Å². The van der Waals surface area contributed by atoms with Gasteiger partial charge in [0, 0.05) is 5.56 Å². The highest BCUT2D eigenvalue weighted by Crippen LogP contribution is 2.31. The first kappa shape index (κ1) is 19.6. The van der Waals surface area contributed by atoms with E-state index in [1.165, 1.54) is 31.4 Å². The van der Waals surface area contributed by atoms with Gasteiger partial charge in [0.1, 0.15) is 24.5 Å². The van der Waals surface area contributed by atoms with Gasteiger partial charge in [-0.3, -0.25) is 4.79 Å². The summed E-state index contributed by atoms with van der Waals surface area (Å²) in [4.78, 5) is 24.4. The summed E-state index contributed by atoms with van der Waals surface area (Å²) >= 11 is 0. The van der Waals surface area contributed by atoms with E-state index in [1.54, 1.807) is 6.07 Å². The smallest absolute Gasteiger partial charge is 0.342 e. The van der Waals surface area contributed by atoms with Crippen LogP contribution in [-0.4, -0.2) is 47.1 Å². The number of carbonyl (C=O) groups is 2. The van der Waals surface area contributed by atoms with Gasteiger partial charge in [0.2, 0.25) is 10.0 Å². The van der Waals surface area contributed by atoms with Crippen molar-refractivity contribution in [1.82, 2.24) is 0 Å². The van der Waals surface area contributed by atoms with Crippen LogP contribution in [0.3, 0.4) is 0 Å². The number of benzene rings is 2. The lowest BCUT2D eigenvalue weighted by Crippen LogP contribution is -2.18. The minimum Gasteiger partial charge on any atom is -0.496 e. The summed E-state index contributed by atoms with van der Waals surface area (Å²) < 4.78 is 43.8. The quantitative estimate of drug-likeness (QED) is 0.557. The molecule has 0 aromatic heterocycles. The minimum absolute atomic E-state index is 0.0872. The Bertz CT molecular complexity index is 1030. The first-order valence-corrected chi connectivity index (χ1v) is 9.65.